The first-order valence-corrected chi connectivity index (χ1v) is 19.0. The van der Waals surface area contributed by atoms with Gasteiger partial charge in [0.1, 0.15) is 13.6 Å². The van der Waals surface area contributed by atoms with Crippen molar-refractivity contribution in [2.24, 2.45) is 0 Å². The van der Waals surface area contributed by atoms with Gasteiger partial charge in [-0.2, -0.15) is 0 Å². The molecule has 4 heterocycles. The number of rotatable bonds is 4. The Morgan fingerprint density at radius 3 is 1.98 bits per heavy atom. The van der Waals surface area contributed by atoms with E-state index in [-0.39, 0.29) is 22.6 Å². The van der Waals surface area contributed by atoms with Gasteiger partial charge in [0, 0.05) is 59.5 Å². The predicted molar refractivity (Wildman–Crippen MR) is 237 cm³/mol. The molecule has 0 aliphatic rings. The van der Waals surface area contributed by atoms with Gasteiger partial charge < -0.3 is 28.9 Å². The summed E-state index contributed by atoms with van der Waals surface area (Å²) in [5, 5.41) is 43.0. The Bertz CT molecular complexity index is 3640. The average molecular weight is 736 g/mol. The van der Waals surface area contributed by atoms with Crippen molar-refractivity contribution in [2.75, 3.05) is 0 Å². The molecule has 0 spiro atoms. The van der Waals surface area contributed by atoms with Crippen molar-refractivity contribution in [2.45, 2.75) is 13.8 Å². The van der Waals surface area contributed by atoms with Crippen LogP contribution in [0, 0.1) is 6.92 Å². The molecule has 4 aromatic heterocycles. The third kappa shape index (κ3) is 4.25. The van der Waals surface area contributed by atoms with Crippen molar-refractivity contribution in [1.82, 2.24) is 13.5 Å². The van der Waals surface area contributed by atoms with Gasteiger partial charge in [-0.25, -0.2) is 0 Å². The van der Waals surface area contributed by atoms with Crippen molar-refractivity contribution in [3.8, 4) is 39.8 Å². The number of phenolic OH excluding ortho intramolecular Hbond substituents is 3. The molecule has 0 aliphatic heterocycles. The van der Waals surface area contributed by atoms with Crippen molar-refractivity contribution in [1.29, 1.82) is 0 Å². The van der Waals surface area contributed by atoms with Crippen LogP contribution >= 0.6 is 0 Å². The summed E-state index contributed by atoms with van der Waals surface area (Å²) in [7, 11) is 5.96. The monoisotopic (exact) mass is 735 g/mol. The molecule has 11 aromatic rings. The Labute approximate surface area is 327 Å². The Kier molecular flexibility index (Phi) is 6.84. The SMILES string of the molecule is [B]c1c(O)c(C)c(-n2c3ccccc3c3c4c5cccc6c7cc(-c8ccc9c(c8)c(=C/C=C)/c(=C\C)n9-c8ccccc8)ccc7n(c4ccc32)c65)c(O)c1O. The van der Waals surface area contributed by atoms with Crippen LogP contribution in [0.3, 0.4) is 0 Å². The third-order valence-corrected chi connectivity index (χ3v) is 12.0. The van der Waals surface area contributed by atoms with Gasteiger partial charge in [0.15, 0.2) is 11.5 Å². The number of phenols is 3. The van der Waals surface area contributed by atoms with Gasteiger partial charge >= 0.3 is 0 Å². The van der Waals surface area contributed by atoms with Crippen LogP contribution in [0.5, 0.6) is 17.2 Å². The molecular weight excluding hydrogens is 701 g/mol. The summed E-state index contributed by atoms with van der Waals surface area (Å²) in [5.41, 5.74) is 9.93. The van der Waals surface area contributed by atoms with E-state index in [4.69, 9.17) is 7.85 Å². The summed E-state index contributed by atoms with van der Waals surface area (Å²) >= 11 is 0. The Morgan fingerprint density at radius 2 is 1.21 bits per heavy atom. The van der Waals surface area contributed by atoms with E-state index in [0.717, 1.165) is 82.0 Å². The van der Waals surface area contributed by atoms with Crippen LogP contribution in [0.15, 0.2) is 134 Å². The first-order valence-electron chi connectivity index (χ1n) is 19.0. The molecule has 0 unspecified atom stereocenters. The number of aromatic nitrogens is 3. The maximum atomic E-state index is 11.3. The zero-order valence-electron chi connectivity index (χ0n) is 31.2. The number of hydrogen-bond donors (Lipinski definition) is 3. The molecule has 7 aromatic carbocycles. The van der Waals surface area contributed by atoms with Crippen LogP contribution in [0.2, 0.25) is 0 Å². The van der Waals surface area contributed by atoms with Crippen molar-refractivity contribution in [3.63, 3.8) is 0 Å². The molecule has 6 nitrogen and oxygen atoms in total. The lowest BCUT2D eigenvalue weighted by Crippen LogP contribution is -2.27. The average Bonchev–Trinajstić information content (AvgIpc) is 3.97. The minimum Gasteiger partial charge on any atom is -0.508 e. The number of aromatic hydroxyl groups is 3. The molecule has 57 heavy (non-hydrogen) atoms. The standard InChI is InChI=1S/C50H34BN3O3/c1-4-12-31-35-25-28(19-21-39(35)52(37(31)5-2)30-13-7-6-8-14-30)29-20-22-40-36(26-29)32-16-11-17-34-44-42(54(40)47(32)34)24-23-41-43(44)33-15-9-10-18-38(33)53(41)46-27(3)48(55)45(51)49(56)50(46)57/h4-26,55-57H,1H2,2-3H3/b31-12-,37-5+. The Balaban J connectivity index is 1.17. The molecule has 3 N–H and O–H groups in total. The second kappa shape index (κ2) is 11.8. The van der Waals surface area contributed by atoms with E-state index < -0.39 is 5.75 Å². The number of fused-ring (bicyclic) bond motifs is 11. The van der Waals surface area contributed by atoms with Crippen LogP contribution in [0.1, 0.15) is 12.5 Å². The number of allylic oxidation sites excluding steroid dienone is 1. The minimum absolute atomic E-state index is 0.251. The largest absolute Gasteiger partial charge is 0.508 e. The molecule has 0 aliphatic carbocycles. The molecule has 0 amide bonds. The Hall–Kier alpha value is -7.38. The molecule has 0 saturated heterocycles. The van der Waals surface area contributed by atoms with Gasteiger partial charge in [-0.3, -0.25) is 0 Å². The highest BCUT2D eigenvalue weighted by Crippen LogP contribution is 2.47. The van der Waals surface area contributed by atoms with E-state index >= 15 is 0 Å². The zero-order chi connectivity index (χ0) is 38.9. The van der Waals surface area contributed by atoms with Crippen LogP contribution in [-0.2, 0) is 0 Å². The van der Waals surface area contributed by atoms with Crippen molar-refractivity contribution >= 4 is 96.3 Å². The second-order valence-electron chi connectivity index (χ2n) is 14.8. The molecule has 0 saturated carbocycles. The summed E-state index contributed by atoms with van der Waals surface area (Å²) in [6, 6.07) is 42.8. The number of nitrogens with zero attached hydrogens (tertiary/aromatic N) is 3. The van der Waals surface area contributed by atoms with Gasteiger partial charge in [0.05, 0.1) is 38.8 Å². The summed E-state index contributed by atoms with van der Waals surface area (Å²) in [4.78, 5) is 0. The van der Waals surface area contributed by atoms with Crippen LogP contribution in [-0.4, -0.2) is 36.7 Å². The topological polar surface area (TPSA) is 75.0 Å². The smallest absolute Gasteiger partial charge is 0.182 e. The molecule has 2 radical (unpaired) electrons. The van der Waals surface area contributed by atoms with Crippen molar-refractivity contribution in [3.05, 3.63) is 150 Å². The molecule has 11 rings (SSSR count). The zero-order valence-corrected chi connectivity index (χ0v) is 31.2. The molecule has 7 heteroatoms. The highest BCUT2D eigenvalue weighted by atomic mass is 16.3. The van der Waals surface area contributed by atoms with Crippen molar-refractivity contribution < 1.29 is 15.3 Å². The highest BCUT2D eigenvalue weighted by Gasteiger charge is 2.26. The molecule has 270 valence electrons. The number of hydrogen-bond acceptors (Lipinski definition) is 3. The maximum Gasteiger partial charge on any atom is 0.182 e. The van der Waals surface area contributed by atoms with Gasteiger partial charge in [-0.05, 0) is 85.0 Å². The summed E-state index contributed by atoms with van der Waals surface area (Å²) in [6.45, 7) is 7.82. The number of para-hydroxylation sites is 3. The van der Waals surface area contributed by atoms with Crippen LogP contribution in [0.25, 0.3) is 105 Å². The minimum atomic E-state index is -0.544. The van der Waals surface area contributed by atoms with Crippen LogP contribution < -0.4 is 16.0 Å². The van der Waals surface area contributed by atoms with Gasteiger partial charge in [0.25, 0.3) is 0 Å². The van der Waals surface area contributed by atoms with Crippen LogP contribution in [0.4, 0.5) is 0 Å². The lowest BCUT2D eigenvalue weighted by atomic mass is 9.90. The lowest BCUT2D eigenvalue weighted by Gasteiger charge is -2.17. The van der Waals surface area contributed by atoms with Gasteiger partial charge in [-0.1, -0.05) is 91.5 Å². The maximum absolute atomic E-state index is 11.3. The van der Waals surface area contributed by atoms with E-state index in [1.807, 2.05) is 34.9 Å². The first-order chi connectivity index (χ1) is 27.8. The van der Waals surface area contributed by atoms with E-state index in [0.29, 0.717) is 5.56 Å². The van der Waals surface area contributed by atoms with E-state index in [2.05, 4.69) is 132 Å². The molecule has 0 bridgehead atoms. The summed E-state index contributed by atoms with van der Waals surface area (Å²) in [6.07, 6.45) is 6.13. The quantitative estimate of drug-likeness (QED) is 0.0958. The highest BCUT2D eigenvalue weighted by molar-refractivity contribution is 6.37. The summed E-state index contributed by atoms with van der Waals surface area (Å²) in [5.74, 6) is -1.19. The fraction of sp³-hybridized carbons (Fsp3) is 0.0400. The normalized spacial score (nSPS) is 12.9. The first kappa shape index (κ1) is 33.0. The Morgan fingerprint density at radius 1 is 0.579 bits per heavy atom. The third-order valence-electron chi connectivity index (χ3n) is 12.0. The van der Waals surface area contributed by atoms with Gasteiger partial charge in [0.2, 0.25) is 0 Å². The number of benzene rings is 7. The molecule has 0 atom stereocenters. The lowest BCUT2D eigenvalue weighted by molar-refractivity contribution is 0.399. The summed E-state index contributed by atoms with van der Waals surface area (Å²) < 4.78 is 6.60. The van der Waals surface area contributed by atoms with E-state index in [9.17, 15) is 15.3 Å². The van der Waals surface area contributed by atoms with E-state index in [1.54, 1.807) is 6.92 Å². The predicted octanol–water partition coefficient (Wildman–Crippen LogP) is 9.53. The second-order valence-corrected chi connectivity index (χ2v) is 14.8. The fourth-order valence-corrected chi connectivity index (χ4v) is 9.51. The van der Waals surface area contributed by atoms with E-state index in [1.165, 1.54) is 16.2 Å². The molecule has 0 fully saturated rings. The molecular formula is C50H34BN3O3. The van der Waals surface area contributed by atoms with Gasteiger partial charge in [-0.15, -0.1) is 0 Å². The fourth-order valence-electron chi connectivity index (χ4n) is 9.51.